The smallest absolute Gasteiger partial charge is 0.243 e. The van der Waals surface area contributed by atoms with Crippen molar-refractivity contribution in [2.45, 2.75) is 30.0 Å². The molecule has 0 atom stereocenters. The Bertz CT molecular complexity index is 955. The van der Waals surface area contributed by atoms with E-state index in [4.69, 9.17) is 0 Å². The molecule has 0 aliphatic rings. The van der Waals surface area contributed by atoms with Crippen LogP contribution in [0.2, 0.25) is 0 Å². The monoisotopic (exact) mass is 455 g/mol. The molecule has 2 aromatic rings. The number of anilines is 2. The maximum absolute atomic E-state index is 12.8. The van der Waals surface area contributed by atoms with Crippen LogP contribution in [0.5, 0.6) is 0 Å². The molecular weight excluding hydrogens is 430 g/mol. The minimum absolute atomic E-state index is 0.141. The number of carbonyl (C=O) groups is 1. The number of thioether (sulfide) groups is 1. The highest BCUT2D eigenvalue weighted by molar-refractivity contribution is 8.01. The van der Waals surface area contributed by atoms with Gasteiger partial charge in [0.1, 0.15) is 0 Å². The summed E-state index contributed by atoms with van der Waals surface area (Å²) in [6.07, 6.45) is 1.72. The van der Waals surface area contributed by atoms with Crippen LogP contribution >= 0.6 is 23.1 Å². The van der Waals surface area contributed by atoms with Crippen LogP contribution in [0.25, 0.3) is 0 Å². The summed E-state index contributed by atoms with van der Waals surface area (Å²) in [6.45, 7) is 10.3. The highest BCUT2D eigenvalue weighted by atomic mass is 32.2. The van der Waals surface area contributed by atoms with E-state index in [-0.39, 0.29) is 16.6 Å². The van der Waals surface area contributed by atoms with Crippen LogP contribution in [0.15, 0.2) is 40.1 Å². The number of hydrogen-bond acceptors (Lipinski definition) is 8. The lowest BCUT2D eigenvalue weighted by molar-refractivity contribution is -0.113. The zero-order chi connectivity index (χ0) is 21.4. The summed E-state index contributed by atoms with van der Waals surface area (Å²) in [5.74, 6) is -0.108. The first-order valence-corrected chi connectivity index (χ1v) is 12.3. The average Bonchev–Trinajstić information content (AvgIpc) is 3.14. The Morgan fingerprint density at radius 3 is 2.69 bits per heavy atom. The lowest BCUT2D eigenvalue weighted by Crippen LogP contribution is -2.31. The van der Waals surface area contributed by atoms with Gasteiger partial charge in [0.05, 0.1) is 10.6 Å². The van der Waals surface area contributed by atoms with E-state index in [1.165, 1.54) is 33.5 Å². The molecule has 1 aromatic heterocycles. The Morgan fingerprint density at radius 2 is 2.03 bits per heavy atom. The number of carbonyl (C=O) groups excluding carboxylic acids is 1. The number of aromatic nitrogens is 2. The van der Waals surface area contributed by atoms with Gasteiger partial charge in [-0.05, 0) is 24.6 Å². The number of benzene rings is 1. The summed E-state index contributed by atoms with van der Waals surface area (Å²) in [5, 5.41) is 14.5. The van der Waals surface area contributed by atoms with Crippen molar-refractivity contribution in [3.63, 3.8) is 0 Å². The number of nitrogens with zero attached hydrogens (tertiary/aromatic N) is 3. The van der Waals surface area contributed by atoms with Crippen LogP contribution in [0.1, 0.15) is 19.4 Å². The van der Waals surface area contributed by atoms with E-state index in [9.17, 15) is 13.2 Å². The van der Waals surface area contributed by atoms with E-state index in [2.05, 4.69) is 27.4 Å². The van der Waals surface area contributed by atoms with Crippen LogP contribution < -0.4 is 10.6 Å². The number of sulfonamides is 1. The highest BCUT2D eigenvalue weighted by Gasteiger charge is 2.24. The predicted octanol–water partition coefficient (Wildman–Crippen LogP) is 3.21. The van der Waals surface area contributed by atoms with Crippen molar-refractivity contribution >= 4 is 49.8 Å². The zero-order valence-corrected chi connectivity index (χ0v) is 19.1. The van der Waals surface area contributed by atoms with Gasteiger partial charge in [-0.25, -0.2) is 8.42 Å². The Morgan fingerprint density at radius 1 is 1.31 bits per heavy atom. The molecule has 0 spiro atoms. The first-order chi connectivity index (χ1) is 13.8. The maximum Gasteiger partial charge on any atom is 0.243 e. The summed E-state index contributed by atoms with van der Waals surface area (Å²) in [5.41, 5.74) is 1.08. The number of aryl methyl sites for hydroxylation is 1. The van der Waals surface area contributed by atoms with E-state index in [0.29, 0.717) is 40.4 Å². The quantitative estimate of drug-likeness (QED) is 0.396. The van der Waals surface area contributed by atoms with Gasteiger partial charge in [0.2, 0.25) is 21.1 Å². The molecule has 158 valence electrons. The number of rotatable bonds is 11. The molecule has 0 saturated heterocycles. The Balaban J connectivity index is 2.03. The minimum atomic E-state index is -3.60. The fourth-order valence-electron chi connectivity index (χ4n) is 2.48. The van der Waals surface area contributed by atoms with Crippen molar-refractivity contribution in [3.8, 4) is 0 Å². The first kappa shape index (κ1) is 23.3. The van der Waals surface area contributed by atoms with Crippen LogP contribution in [0, 0.1) is 6.92 Å². The van der Waals surface area contributed by atoms with Gasteiger partial charge in [0, 0.05) is 25.3 Å². The molecule has 2 N–H and O–H groups in total. The molecule has 11 heteroatoms. The van der Waals surface area contributed by atoms with Crippen molar-refractivity contribution in [1.29, 1.82) is 0 Å². The van der Waals surface area contributed by atoms with Gasteiger partial charge in [-0.2, -0.15) is 4.31 Å². The maximum atomic E-state index is 12.8. The molecule has 0 fully saturated rings. The topological polar surface area (TPSA) is 104 Å². The predicted molar refractivity (Wildman–Crippen MR) is 119 cm³/mol. The minimum Gasteiger partial charge on any atom is -0.357 e. The summed E-state index contributed by atoms with van der Waals surface area (Å²) in [6, 6.07) is 4.90. The normalized spacial score (nSPS) is 11.4. The molecule has 1 amide bonds. The largest absolute Gasteiger partial charge is 0.357 e. The Kier molecular flexibility index (Phi) is 8.62. The van der Waals surface area contributed by atoms with Crippen molar-refractivity contribution in [1.82, 2.24) is 14.5 Å². The third-order valence-electron chi connectivity index (χ3n) is 3.93. The van der Waals surface area contributed by atoms with E-state index < -0.39 is 10.0 Å². The Hall–Kier alpha value is -1.95. The van der Waals surface area contributed by atoms with Gasteiger partial charge in [-0.1, -0.05) is 49.1 Å². The number of amides is 1. The standard InChI is InChI=1S/C18H25N5O3S3/c1-5-10-19-17-21-22-18(28-17)27-12-16(24)20-14-9-8-13(4)15(11-14)29(25,26)23(6-2)7-3/h5,8-9,11H,1,6-7,10,12H2,2-4H3,(H,19,21)(H,20,24). The lowest BCUT2D eigenvalue weighted by Gasteiger charge is -2.20. The molecule has 0 unspecified atom stereocenters. The molecule has 1 aromatic carbocycles. The molecule has 8 nitrogen and oxygen atoms in total. The van der Waals surface area contributed by atoms with E-state index in [1.807, 2.05) is 0 Å². The van der Waals surface area contributed by atoms with Gasteiger partial charge in [-0.15, -0.1) is 16.8 Å². The van der Waals surface area contributed by atoms with Crippen LogP contribution in [-0.2, 0) is 14.8 Å². The highest BCUT2D eigenvalue weighted by Crippen LogP contribution is 2.26. The van der Waals surface area contributed by atoms with E-state index >= 15 is 0 Å². The molecule has 1 heterocycles. The zero-order valence-electron chi connectivity index (χ0n) is 16.6. The van der Waals surface area contributed by atoms with Crippen molar-refractivity contribution in [3.05, 3.63) is 36.4 Å². The van der Waals surface area contributed by atoms with Crippen LogP contribution in [-0.4, -0.2) is 54.2 Å². The van der Waals surface area contributed by atoms with Gasteiger partial charge in [-0.3, -0.25) is 4.79 Å². The lowest BCUT2D eigenvalue weighted by atomic mass is 10.2. The third-order valence-corrected chi connectivity index (χ3v) is 8.13. The molecule has 2 rings (SSSR count). The second-order valence-electron chi connectivity index (χ2n) is 5.95. The summed E-state index contributed by atoms with van der Waals surface area (Å²) in [7, 11) is -3.60. The number of hydrogen-bond donors (Lipinski definition) is 2. The molecule has 29 heavy (non-hydrogen) atoms. The van der Waals surface area contributed by atoms with Gasteiger partial charge >= 0.3 is 0 Å². The molecule has 0 saturated carbocycles. The first-order valence-electron chi connectivity index (χ1n) is 9.03. The molecule has 0 aliphatic heterocycles. The third kappa shape index (κ3) is 6.26. The molecule has 0 aliphatic carbocycles. The summed E-state index contributed by atoms with van der Waals surface area (Å²) in [4.78, 5) is 12.5. The second kappa shape index (κ2) is 10.7. The average molecular weight is 456 g/mol. The SMILES string of the molecule is C=CCNc1nnc(SCC(=O)Nc2ccc(C)c(S(=O)(=O)N(CC)CC)c2)s1. The molecule has 0 radical (unpaired) electrons. The van der Waals surface area contributed by atoms with Crippen molar-refractivity contribution in [2.75, 3.05) is 36.0 Å². The molecular formula is C18H25N5O3S3. The fraction of sp³-hybridized carbons (Fsp3) is 0.389. The fourth-order valence-corrected chi connectivity index (χ4v) is 5.75. The number of nitrogens with one attached hydrogen (secondary N) is 2. The molecule has 0 bridgehead atoms. The summed E-state index contributed by atoms with van der Waals surface area (Å²) < 4.78 is 27.7. The van der Waals surface area contributed by atoms with E-state index in [1.54, 1.807) is 39.0 Å². The van der Waals surface area contributed by atoms with E-state index in [0.717, 1.165) is 0 Å². The summed E-state index contributed by atoms with van der Waals surface area (Å²) >= 11 is 2.62. The van der Waals surface area contributed by atoms with Gasteiger partial charge in [0.25, 0.3) is 0 Å². The van der Waals surface area contributed by atoms with Gasteiger partial charge < -0.3 is 10.6 Å². The van der Waals surface area contributed by atoms with Crippen LogP contribution in [0.4, 0.5) is 10.8 Å². The second-order valence-corrected chi connectivity index (χ2v) is 10.1. The Labute approximate surface area is 179 Å². The van der Waals surface area contributed by atoms with Crippen molar-refractivity contribution in [2.24, 2.45) is 0 Å². The van der Waals surface area contributed by atoms with Crippen LogP contribution in [0.3, 0.4) is 0 Å². The van der Waals surface area contributed by atoms with Crippen molar-refractivity contribution < 1.29 is 13.2 Å². The van der Waals surface area contributed by atoms with Gasteiger partial charge in [0.15, 0.2) is 4.34 Å².